The zero-order chi connectivity index (χ0) is 16.2. The Labute approximate surface area is 137 Å². The lowest BCUT2D eigenvalue weighted by molar-refractivity contribution is 0.0698. The molecule has 0 unspecified atom stereocenters. The molecule has 0 saturated carbocycles. The zero-order valence-electron chi connectivity index (χ0n) is 12.1. The highest BCUT2D eigenvalue weighted by atomic mass is 35.5. The fourth-order valence-electron chi connectivity index (χ4n) is 2.27. The van der Waals surface area contributed by atoms with E-state index in [0.29, 0.717) is 35.1 Å². The van der Waals surface area contributed by atoms with Crippen LogP contribution in [0.25, 0.3) is 11.2 Å². The topological polar surface area (TPSA) is 92.9 Å². The van der Waals surface area contributed by atoms with Gasteiger partial charge in [-0.2, -0.15) is 0 Å². The van der Waals surface area contributed by atoms with Crippen LogP contribution in [-0.4, -0.2) is 36.5 Å². The zero-order valence-corrected chi connectivity index (χ0v) is 12.9. The second-order valence-corrected chi connectivity index (χ2v) is 5.23. The van der Waals surface area contributed by atoms with E-state index in [1.54, 1.807) is 24.5 Å². The number of anilines is 2. The lowest BCUT2D eigenvalue weighted by Crippen LogP contribution is -2.04. The van der Waals surface area contributed by atoms with Crippen molar-refractivity contribution in [3.05, 3.63) is 42.5 Å². The fourth-order valence-corrected chi connectivity index (χ4v) is 2.39. The molecule has 7 nitrogen and oxygen atoms in total. The molecule has 0 aliphatic heterocycles. The summed E-state index contributed by atoms with van der Waals surface area (Å²) in [5.41, 5.74) is 1.89. The van der Waals surface area contributed by atoms with Crippen LogP contribution in [0.3, 0.4) is 0 Å². The summed E-state index contributed by atoms with van der Waals surface area (Å²) in [6.45, 7) is 0.710. The van der Waals surface area contributed by atoms with Gasteiger partial charge in [0.25, 0.3) is 0 Å². The van der Waals surface area contributed by atoms with E-state index >= 15 is 0 Å². The Morgan fingerprint density at radius 1 is 1.26 bits per heavy atom. The van der Waals surface area contributed by atoms with Gasteiger partial charge in [-0.25, -0.2) is 19.7 Å². The van der Waals surface area contributed by atoms with Crippen molar-refractivity contribution in [3.63, 3.8) is 0 Å². The van der Waals surface area contributed by atoms with Gasteiger partial charge in [0.15, 0.2) is 17.0 Å². The number of fused-ring (bicyclic) bond motifs is 1. The number of nitrogens with one attached hydrogen (secondary N) is 1. The highest BCUT2D eigenvalue weighted by Gasteiger charge is 2.13. The van der Waals surface area contributed by atoms with E-state index in [9.17, 15) is 9.90 Å². The van der Waals surface area contributed by atoms with Crippen molar-refractivity contribution in [2.75, 3.05) is 11.2 Å². The van der Waals surface area contributed by atoms with Crippen LogP contribution in [0.4, 0.5) is 11.5 Å². The molecule has 2 aromatic heterocycles. The van der Waals surface area contributed by atoms with Gasteiger partial charge in [0.1, 0.15) is 6.33 Å². The summed E-state index contributed by atoms with van der Waals surface area (Å²) in [5, 5.41) is 12.3. The number of hydrogen-bond donors (Lipinski definition) is 2. The first-order chi connectivity index (χ1) is 11.2. The van der Waals surface area contributed by atoms with Crippen molar-refractivity contribution in [1.29, 1.82) is 0 Å². The van der Waals surface area contributed by atoms with Gasteiger partial charge in [0.2, 0.25) is 0 Å². The van der Waals surface area contributed by atoms with E-state index < -0.39 is 5.97 Å². The predicted molar refractivity (Wildman–Crippen MR) is 87.3 cm³/mol. The van der Waals surface area contributed by atoms with Gasteiger partial charge in [-0.05, 0) is 18.6 Å². The SMILES string of the molecule is O=C(O)c1ccccc1Nc1ncnc2c1ncn2CCCCl. The van der Waals surface area contributed by atoms with E-state index in [1.165, 1.54) is 12.4 Å². The summed E-state index contributed by atoms with van der Waals surface area (Å²) in [5.74, 6) is 0.0151. The maximum absolute atomic E-state index is 11.3. The van der Waals surface area contributed by atoms with Crippen molar-refractivity contribution in [1.82, 2.24) is 19.5 Å². The number of hydrogen-bond acceptors (Lipinski definition) is 5. The number of halogens is 1. The van der Waals surface area contributed by atoms with E-state index in [4.69, 9.17) is 11.6 Å². The molecule has 1 aromatic carbocycles. The minimum atomic E-state index is -1.01. The number of carboxylic acids is 1. The number of benzene rings is 1. The smallest absolute Gasteiger partial charge is 0.337 e. The van der Waals surface area contributed by atoms with E-state index in [1.807, 2.05) is 4.57 Å². The lowest BCUT2D eigenvalue weighted by Gasteiger charge is -2.09. The van der Waals surface area contributed by atoms with Gasteiger partial charge in [-0.1, -0.05) is 12.1 Å². The minimum Gasteiger partial charge on any atom is -0.478 e. The van der Waals surface area contributed by atoms with Gasteiger partial charge in [-0.15, -0.1) is 11.6 Å². The Hall–Kier alpha value is -2.67. The Morgan fingerprint density at radius 2 is 2.09 bits per heavy atom. The van der Waals surface area contributed by atoms with E-state index in [-0.39, 0.29) is 5.56 Å². The molecule has 23 heavy (non-hydrogen) atoms. The molecule has 0 amide bonds. The van der Waals surface area contributed by atoms with Crippen molar-refractivity contribution < 1.29 is 9.90 Å². The quantitative estimate of drug-likeness (QED) is 0.675. The Balaban J connectivity index is 1.98. The molecule has 0 spiro atoms. The lowest BCUT2D eigenvalue weighted by atomic mass is 10.2. The first-order valence-electron chi connectivity index (χ1n) is 7.02. The third kappa shape index (κ3) is 3.09. The number of nitrogens with zero attached hydrogens (tertiary/aromatic N) is 4. The molecule has 0 aliphatic carbocycles. The van der Waals surface area contributed by atoms with E-state index in [2.05, 4.69) is 20.3 Å². The van der Waals surface area contributed by atoms with Crippen molar-refractivity contribution in [2.24, 2.45) is 0 Å². The first kappa shape index (κ1) is 15.2. The molecular weight excluding hydrogens is 318 g/mol. The van der Waals surface area contributed by atoms with Crippen LogP contribution in [0.15, 0.2) is 36.9 Å². The molecule has 0 radical (unpaired) electrons. The summed E-state index contributed by atoms with van der Waals surface area (Å²) in [6.07, 6.45) is 3.91. The molecule has 118 valence electrons. The number of imidazole rings is 1. The molecule has 0 bridgehead atoms. The monoisotopic (exact) mass is 331 g/mol. The van der Waals surface area contributed by atoms with Crippen LogP contribution in [0.1, 0.15) is 16.8 Å². The highest BCUT2D eigenvalue weighted by Crippen LogP contribution is 2.24. The normalized spacial score (nSPS) is 10.8. The van der Waals surface area contributed by atoms with Crippen molar-refractivity contribution >= 4 is 40.2 Å². The maximum atomic E-state index is 11.3. The molecule has 8 heteroatoms. The van der Waals surface area contributed by atoms with Crippen LogP contribution in [0.5, 0.6) is 0 Å². The summed E-state index contributed by atoms with van der Waals surface area (Å²) in [4.78, 5) is 24.0. The molecule has 0 aliphatic rings. The predicted octanol–water partition coefficient (Wildman–Crippen LogP) is 2.90. The van der Waals surface area contributed by atoms with Gasteiger partial charge in [-0.3, -0.25) is 0 Å². The standard InChI is InChI=1S/C15H14ClN5O2/c16-6-3-7-21-9-19-12-13(17-8-18-14(12)21)20-11-5-2-1-4-10(11)15(22)23/h1-2,4-5,8-9H,3,6-7H2,(H,22,23)(H,17,18,20). The van der Waals surface area contributed by atoms with Crippen LogP contribution in [0, 0.1) is 0 Å². The molecule has 2 N–H and O–H groups in total. The molecule has 2 heterocycles. The Bertz CT molecular complexity index is 849. The van der Waals surface area contributed by atoms with Gasteiger partial charge in [0, 0.05) is 12.4 Å². The van der Waals surface area contributed by atoms with Gasteiger partial charge >= 0.3 is 5.97 Å². The second-order valence-electron chi connectivity index (χ2n) is 4.85. The number of carboxylic acid groups (broad SMARTS) is 1. The third-order valence-corrected chi connectivity index (χ3v) is 3.61. The Morgan fingerprint density at radius 3 is 2.87 bits per heavy atom. The number of alkyl halides is 1. The number of carbonyl (C=O) groups is 1. The molecular formula is C15H14ClN5O2. The second kappa shape index (κ2) is 6.62. The molecule has 3 aromatic rings. The summed E-state index contributed by atoms with van der Waals surface area (Å²) >= 11 is 5.72. The summed E-state index contributed by atoms with van der Waals surface area (Å²) < 4.78 is 1.90. The van der Waals surface area contributed by atoms with Crippen LogP contribution in [-0.2, 0) is 6.54 Å². The Kier molecular flexibility index (Phi) is 4.38. The van der Waals surface area contributed by atoms with Crippen molar-refractivity contribution in [2.45, 2.75) is 13.0 Å². The first-order valence-corrected chi connectivity index (χ1v) is 7.55. The largest absolute Gasteiger partial charge is 0.478 e. The molecule has 0 atom stereocenters. The third-order valence-electron chi connectivity index (χ3n) is 3.34. The van der Waals surface area contributed by atoms with Gasteiger partial charge in [0.05, 0.1) is 17.6 Å². The molecule has 0 fully saturated rings. The average molecular weight is 332 g/mol. The number of aromatic carboxylic acids is 1. The van der Waals surface area contributed by atoms with E-state index in [0.717, 1.165) is 6.42 Å². The van der Waals surface area contributed by atoms with Crippen LogP contribution in [0.2, 0.25) is 0 Å². The maximum Gasteiger partial charge on any atom is 0.337 e. The number of rotatable bonds is 6. The highest BCUT2D eigenvalue weighted by molar-refractivity contribution is 6.17. The number of aromatic nitrogens is 4. The number of aryl methyl sites for hydroxylation is 1. The van der Waals surface area contributed by atoms with Gasteiger partial charge < -0.3 is 15.0 Å². The average Bonchev–Trinajstić information content (AvgIpc) is 2.97. The summed E-state index contributed by atoms with van der Waals surface area (Å²) in [7, 11) is 0. The van der Waals surface area contributed by atoms with Crippen LogP contribution < -0.4 is 5.32 Å². The number of para-hydroxylation sites is 1. The summed E-state index contributed by atoms with van der Waals surface area (Å²) in [6, 6.07) is 6.64. The minimum absolute atomic E-state index is 0.167. The van der Waals surface area contributed by atoms with Crippen molar-refractivity contribution in [3.8, 4) is 0 Å². The molecule has 3 rings (SSSR count). The van der Waals surface area contributed by atoms with Crippen LogP contribution >= 0.6 is 11.6 Å². The molecule has 0 saturated heterocycles. The fraction of sp³-hybridized carbons (Fsp3) is 0.200.